The summed E-state index contributed by atoms with van der Waals surface area (Å²) in [6, 6.07) is 11.5. The van der Waals surface area contributed by atoms with E-state index in [1.807, 2.05) is 94.9 Å². The molecule has 0 atom stereocenters. The van der Waals surface area contributed by atoms with E-state index in [0.29, 0.717) is 11.6 Å². The van der Waals surface area contributed by atoms with E-state index >= 15 is 0 Å². The summed E-state index contributed by atoms with van der Waals surface area (Å²) in [6.45, 7) is 12.0. The smallest absolute Gasteiger partial charge is 0.243 e. The van der Waals surface area contributed by atoms with Gasteiger partial charge in [-0.15, -0.1) is 5.10 Å². The minimum atomic E-state index is 0.161. The van der Waals surface area contributed by atoms with E-state index in [9.17, 15) is 0 Å². The van der Waals surface area contributed by atoms with Gasteiger partial charge in [0.1, 0.15) is 23.4 Å². The summed E-state index contributed by atoms with van der Waals surface area (Å²) >= 11 is 5.96. The van der Waals surface area contributed by atoms with Gasteiger partial charge >= 0.3 is 0 Å². The highest BCUT2D eigenvalue weighted by Gasteiger charge is 2.09. The molecule has 0 unspecified atom stereocenters. The van der Waals surface area contributed by atoms with Crippen LogP contribution in [-0.2, 0) is 0 Å². The van der Waals surface area contributed by atoms with Gasteiger partial charge in [-0.1, -0.05) is 47.6 Å². The summed E-state index contributed by atoms with van der Waals surface area (Å²) in [5.41, 5.74) is 1.76. The Morgan fingerprint density at radius 2 is 1.73 bits per heavy atom. The Balaban J connectivity index is 0.000000691. The van der Waals surface area contributed by atoms with Crippen LogP contribution in [0, 0.1) is 0 Å². The van der Waals surface area contributed by atoms with Crippen LogP contribution in [0.15, 0.2) is 55.1 Å². The molecule has 30 heavy (non-hydrogen) atoms. The van der Waals surface area contributed by atoms with Crippen molar-refractivity contribution in [2.24, 2.45) is 0 Å². The number of hydrogen-bond acceptors (Lipinski definition) is 5. The molecule has 0 aliphatic carbocycles. The van der Waals surface area contributed by atoms with Crippen molar-refractivity contribution in [2.75, 3.05) is 12.4 Å². The molecule has 162 valence electrons. The lowest BCUT2D eigenvalue weighted by Crippen LogP contribution is -2.01. The number of aromatic nitrogens is 5. The molecule has 0 bridgehead atoms. The van der Waals surface area contributed by atoms with Gasteiger partial charge in [-0.05, 0) is 35.9 Å². The lowest BCUT2D eigenvalue weighted by Gasteiger charge is -2.06. The largest absolute Gasteiger partial charge is 0.497 e. The van der Waals surface area contributed by atoms with Crippen molar-refractivity contribution in [1.82, 2.24) is 24.1 Å². The van der Waals surface area contributed by atoms with Gasteiger partial charge in [-0.25, -0.2) is 9.50 Å². The minimum absolute atomic E-state index is 0.161. The van der Waals surface area contributed by atoms with Gasteiger partial charge < -0.3 is 14.6 Å². The molecule has 0 aliphatic rings. The first kappa shape index (κ1) is 25.0. The quantitative estimate of drug-likeness (QED) is 0.405. The fourth-order valence-corrected chi connectivity index (χ4v) is 2.59. The van der Waals surface area contributed by atoms with E-state index in [4.69, 9.17) is 16.3 Å². The molecule has 8 heteroatoms. The summed E-state index contributed by atoms with van der Waals surface area (Å²) in [4.78, 5) is 8.59. The molecular formula is C22H31ClN6O. The van der Waals surface area contributed by atoms with Crippen LogP contribution in [0.1, 0.15) is 41.5 Å². The maximum Gasteiger partial charge on any atom is 0.243 e. The Hall–Kier alpha value is -3.06. The molecule has 1 aromatic carbocycles. The zero-order valence-electron chi connectivity index (χ0n) is 18.7. The molecule has 1 N–H and O–H groups in total. The second kappa shape index (κ2) is 13.2. The zero-order valence-corrected chi connectivity index (χ0v) is 19.5. The van der Waals surface area contributed by atoms with Crippen LogP contribution in [0.4, 0.5) is 11.6 Å². The number of nitrogens with one attached hydrogen (secondary N) is 1. The third-order valence-electron chi connectivity index (χ3n) is 3.55. The van der Waals surface area contributed by atoms with Crippen molar-refractivity contribution >= 4 is 28.8 Å². The van der Waals surface area contributed by atoms with Gasteiger partial charge in [0.2, 0.25) is 5.28 Å². The van der Waals surface area contributed by atoms with Crippen molar-refractivity contribution in [2.45, 2.75) is 41.5 Å². The molecule has 0 saturated carbocycles. The molecule has 0 radical (unpaired) electrons. The number of nitrogens with zero attached hydrogens (tertiary/aromatic N) is 5. The number of benzene rings is 1. The number of halogens is 1. The maximum atomic E-state index is 5.96. The average molecular weight is 431 g/mol. The van der Waals surface area contributed by atoms with Crippen molar-refractivity contribution in [3.8, 4) is 11.4 Å². The maximum absolute atomic E-state index is 5.96. The van der Waals surface area contributed by atoms with Crippen molar-refractivity contribution in [3.63, 3.8) is 0 Å². The SMILES string of the molecule is CC.CC.CC.COc1cccc(-n2cnc(Nc3nc(Cl)nn4cccc34)c2)c1. The lowest BCUT2D eigenvalue weighted by atomic mass is 10.3. The second-order valence-corrected chi connectivity index (χ2v) is 5.40. The summed E-state index contributed by atoms with van der Waals surface area (Å²) in [6.07, 6.45) is 5.39. The molecular weight excluding hydrogens is 400 g/mol. The molecule has 0 aliphatic heterocycles. The molecule has 4 aromatic rings. The third kappa shape index (κ3) is 6.22. The van der Waals surface area contributed by atoms with Crippen LogP contribution in [0.5, 0.6) is 5.75 Å². The predicted octanol–water partition coefficient (Wildman–Crippen LogP) is 6.40. The number of rotatable bonds is 4. The predicted molar refractivity (Wildman–Crippen MR) is 125 cm³/mol. The standard InChI is InChI=1S/C16H13ClN6O.3C2H6/c1-24-12-5-2-4-11(8-12)22-9-14(18-10-22)19-15-13-6-3-7-23(13)21-16(17)20-15;3*1-2/h2-10H,1H3,(H,19,20,21);3*1-2H3. The number of hydrogen-bond donors (Lipinski definition) is 1. The molecule has 0 amide bonds. The second-order valence-electron chi connectivity index (χ2n) is 5.06. The fourth-order valence-electron chi connectivity index (χ4n) is 2.42. The van der Waals surface area contributed by atoms with Gasteiger partial charge in [0.15, 0.2) is 5.82 Å². The summed E-state index contributed by atoms with van der Waals surface area (Å²) in [7, 11) is 1.64. The van der Waals surface area contributed by atoms with Crippen LogP contribution < -0.4 is 10.1 Å². The summed E-state index contributed by atoms with van der Waals surface area (Å²) in [5, 5.41) is 7.43. The average Bonchev–Trinajstić information content (AvgIpc) is 3.48. The summed E-state index contributed by atoms with van der Waals surface area (Å²) in [5.74, 6) is 2.03. The number of imidazole rings is 1. The van der Waals surface area contributed by atoms with E-state index in [0.717, 1.165) is 17.0 Å². The van der Waals surface area contributed by atoms with Crippen LogP contribution in [-0.4, -0.2) is 31.3 Å². The van der Waals surface area contributed by atoms with E-state index in [2.05, 4.69) is 20.4 Å². The number of methoxy groups -OCH3 is 1. The van der Waals surface area contributed by atoms with Gasteiger partial charge in [0.25, 0.3) is 0 Å². The van der Waals surface area contributed by atoms with Gasteiger partial charge in [-0.2, -0.15) is 4.98 Å². The van der Waals surface area contributed by atoms with Crippen LogP contribution in [0.2, 0.25) is 5.28 Å². The fraction of sp³-hybridized carbons (Fsp3) is 0.318. The molecule has 0 fully saturated rings. The van der Waals surface area contributed by atoms with Gasteiger partial charge in [0, 0.05) is 12.3 Å². The highest BCUT2D eigenvalue weighted by molar-refractivity contribution is 6.28. The van der Waals surface area contributed by atoms with E-state index < -0.39 is 0 Å². The first-order chi connectivity index (χ1) is 14.7. The first-order valence-electron chi connectivity index (χ1n) is 10.2. The highest BCUT2D eigenvalue weighted by Crippen LogP contribution is 2.22. The molecule has 7 nitrogen and oxygen atoms in total. The Labute approximate surface area is 183 Å². The van der Waals surface area contributed by atoms with E-state index in [1.54, 1.807) is 18.0 Å². The Bertz CT molecular complexity index is 1010. The third-order valence-corrected chi connectivity index (χ3v) is 3.71. The Morgan fingerprint density at radius 3 is 2.43 bits per heavy atom. The lowest BCUT2D eigenvalue weighted by molar-refractivity contribution is 0.414. The molecule has 4 rings (SSSR count). The van der Waals surface area contributed by atoms with Gasteiger partial charge in [-0.3, -0.25) is 0 Å². The van der Waals surface area contributed by atoms with Crippen LogP contribution in [0.3, 0.4) is 0 Å². The van der Waals surface area contributed by atoms with Gasteiger partial charge in [0.05, 0.1) is 19.0 Å². The minimum Gasteiger partial charge on any atom is -0.497 e. The highest BCUT2D eigenvalue weighted by atomic mass is 35.5. The number of fused-ring (bicyclic) bond motifs is 1. The molecule has 0 spiro atoms. The monoisotopic (exact) mass is 430 g/mol. The van der Waals surface area contributed by atoms with Crippen molar-refractivity contribution in [3.05, 3.63) is 60.4 Å². The molecule has 3 aromatic heterocycles. The molecule has 0 saturated heterocycles. The zero-order chi connectivity index (χ0) is 22.5. The topological polar surface area (TPSA) is 69.3 Å². The van der Waals surface area contributed by atoms with E-state index in [1.165, 1.54) is 0 Å². The van der Waals surface area contributed by atoms with Crippen LogP contribution >= 0.6 is 11.6 Å². The summed E-state index contributed by atoms with van der Waals surface area (Å²) < 4.78 is 8.80. The van der Waals surface area contributed by atoms with Crippen LogP contribution in [0.25, 0.3) is 11.2 Å². The van der Waals surface area contributed by atoms with Crippen molar-refractivity contribution < 1.29 is 4.74 Å². The first-order valence-corrected chi connectivity index (χ1v) is 10.6. The van der Waals surface area contributed by atoms with E-state index in [-0.39, 0.29) is 5.28 Å². The normalized spacial score (nSPS) is 9.33. The number of ether oxygens (including phenoxy) is 1. The Morgan fingerprint density at radius 1 is 1.00 bits per heavy atom. The molecule has 3 heterocycles. The Kier molecular flexibility index (Phi) is 11.0. The van der Waals surface area contributed by atoms with Crippen molar-refractivity contribution in [1.29, 1.82) is 0 Å². The number of anilines is 2.